The molecule has 0 spiro atoms. The number of para-hydroxylation sites is 1. The molecular formula is C22H23F3N2O3. The fraction of sp³-hybridized carbons (Fsp3) is 0.318. The van der Waals surface area contributed by atoms with Gasteiger partial charge in [-0.3, -0.25) is 4.79 Å². The van der Waals surface area contributed by atoms with E-state index in [4.69, 9.17) is 9.47 Å². The van der Waals surface area contributed by atoms with Gasteiger partial charge in [-0.1, -0.05) is 24.3 Å². The number of rotatable bonds is 9. The van der Waals surface area contributed by atoms with Gasteiger partial charge in [-0.25, -0.2) is 0 Å². The summed E-state index contributed by atoms with van der Waals surface area (Å²) in [6.45, 7) is -0.865. The molecule has 0 bridgehead atoms. The molecule has 8 heteroatoms. The van der Waals surface area contributed by atoms with Gasteiger partial charge < -0.3 is 19.8 Å². The van der Waals surface area contributed by atoms with Crippen LogP contribution in [0.5, 0.6) is 11.5 Å². The number of carbonyl (C=O) groups is 1. The van der Waals surface area contributed by atoms with Crippen molar-refractivity contribution >= 4 is 16.8 Å². The van der Waals surface area contributed by atoms with Gasteiger partial charge in [0, 0.05) is 30.1 Å². The minimum absolute atomic E-state index is 0.0155. The van der Waals surface area contributed by atoms with Crippen molar-refractivity contribution in [3.63, 3.8) is 0 Å². The number of ether oxygens (including phenoxy) is 2. The zero-order valence-electron chi connectivity index (χ0n) is 16.5. The van der Waals surface area contributed by atoms with E-state index in [0.717, 1.165) is 28.5 Å². The third-order valence-electron chi connectivity index (χ3n) is 4.65. The van der Waals surface area contributed by atoms with Crippen LogP contribution in [0.25, 0.3) is 10.9 Å². The van der Waals surface area contributed by atoms with Gasteiger partial charge >= 0.3 is 6.18 Å². The van der Waals surface area contributed by atoms with Gasteiger partial charge in [-0.15, -0.1) is 0 Å². The Hall–Kier alpha value is -3.16. The molecule has 0 atom stereocenters. The highest BCUT2D eigenvalue weighted by Gasteiger charge is 2.29. The van der Waals surface area contributed by atoms with Crippen molar-refractivity contribution < 1.29 is 27.4 Å². The normalized spacial score (nSPS) is 11.5. The van der Waals surface area contributed by atoms with Gasteiger partial charge in [0.05, 0.1) is 7.11 Å². The number of aromatic amines is 1. The zero-order chi connectivity index (χ0) is 21.6. The van der Waals surface area contributed by atoms with Gasteiger partial charge in [-0.05, 0) is 42.2 Å². The largest absolute Gasteiger partial charge is 0.493 e. The summed E-state index contributed by atoms with van der Waals surface area (Å²) < 4.78 is 46.8. The van der Waals surface area contributed by atoms with E-state index in [9.17, 15) is 18.0 Å². The molecule has 2 N–H and O–H groups in total. The molecule has 0 aliphatic carbocycles. The van der Waals surface area contributed by atoms with E-state index < -0.39 is 12.8 Å². The number of alkyl halides is 3. The first-order chi connectivity index (χ1) is 14.4. The van der Waals surface area contributed by atoms with Crippen molar-refractivity contribution in [1.29, 1.82) is 0 Å². The van der Waals surface area contributed by atoms with Gasteiger partial charge in [0.25, 0.3) is 0 Å². The SMILES string of the molecule is COc1cc(CCC(=O)NCCc2c[nH]c3ccccc23)ccc1OCC(F)(F)F. The number of fused-ring (bicyclic) bond motifs is 1. The predicted octanol–water partition coefficient (Wildman–Crippen LogP) is 4.41. The van der Waals surface area contributed by atoms with E-state index in [1.165, 1.54) is 13.2 Å². The van der Waals surface area contributed by atoms with E-state index in [0.29, 0.717) is 13.0 Å². The summed E-state index contributed by atoms with van der Waals surface area (Å²) in [6.07, 6.45) is -1.05. The standard InChI is InChI=1S/C22H23F3N2O3/c1-29-20-12-15(6-8-19(20)30-14-22(23,24)25)7-9-21(28)26-11-10-16-13-27-18-5-3-2-4-17(16)18/h2-6,8,12-13,27H,7,9-11,14H2,1H3,(H,26,28). The number of H-pyrrole nitrogens is 1. The van der Waals surface area contributed by atoms with Gasteiger partial charge in [0.2, 0.25) is 5.91 Å². The van der Waals surface area contributed by atoms with Gasteiger partial charge in [-0.2, -0.15) is 13.2 Å². The molecular weight excluding hydrogens is 397 g/mol. The van der Waals surface area contributed by atoms with E-state index in [1.54, 1.807) is 12.1 Å². The molecule has 0 fully saturated rings. The summed E-state index contributed by atoms with van der Waals surface area (Å²) in [7, 11) is 1.36. The highest BCUT2D eigenvalue weighted by molar-refractivity contribution is 5.83. The maximum atomic E-state index is 12.3. The van der Waals surface area contributed by atoms with Crippen LogP contribution in [0.2, 0.25) is 0 Å². The summed E-state index contributed by atoms with van der Waals surface area (Å²) in [4.78, 5) is 15.4. The van der Waals surface area contributed by atoms with Crippen LogP contribution in [-0.2, 0) is 17.6 Å². The van der Waals surface area contributed by atoms with Crippen LogP contribution in [0.4, 0.5) is 13.2 Å². The number of aryl methyl sites for hydroxylation is 1. The molecule has 1 aromatic heterocycles. The molecule has 0 saturated carbocycles. The molecule has 30 heavy (non-hydrogen) atoms. The summed E-state index contributed by atoms with van der Waals surface area (Å²) in [6, 6.07) is 12.6. The zero-order valence-corrected chi connectivity index (χ0v) is 16.5. The van der Waals surface area contributed by atoms with Crippen LogP contribution in [0, 0.1) is 0 Å². The van der Waals surface area contributed by atoms with Crippen molar-refractivity contribution in [1.82, 2.24) is 10.3 Å². The molecule has 0 aliphatic heterocycles. The molecule has 5 nitrogen and oxygen atoms in total. The molecule has 1 amide bonds. The minimum Gasteiger partial charge on any atom is -0.493 e. The maximum absolute atomic E-state index is 12.3. The van der Waals surface area contributed by atoms with Crippen LogP contribution in [0.15, 0.2) is 48.7 Å². The average molecular weight is 420 g/mol. The van der Waals surface area contributed by atoms with Crippen molar-refractivity contribution in [3.05, 3.63) is 59.8 Å². The second kappa shape index (κ2) is 9.56. The lowest BCUT2D eigenvalue weighted by Crippen LogP contribution is -2.25. The Morgan fingerprint density at radius 3 is 2.67 bits per heavy atom. The van der Waals surface area contributed by atoms with E-state index in [1.807, 2.05) is 30.5 Å². The molecule has 2 aromatic carbocycles. The van der Waals surface area contributed by atoms with Gasteiger partial charge in [0.1, 0.15) is 0 Å². The number of nitrogens with one attached hydrogen (secondary N) is 2. The van der Waals surface area contributed by atoms with Crippen molar-refractivity contribution in [3.8, 4) is 11.5 Å². The van der Waals surface area contributed by atoms with E-state index in [2.05, 4.69) is 10.3 Å². The van der Waals surface area contributed by atoms with E-state index in [-0.39, 0.29) is 23.8 Å². The quantitative estimate of drug-likeness (QED) is 0.539. The number of carbonyl (C=O) groups excluding carboxylic acids is 1. The first kappa shape index (κ1) is 21.5. The fourth-order valence-electron chi connectivity index (χ4n) is 3.17. The number of methoxy groups -OCH3 is 1. The highest BCUT2D eigenvalue weighted by Crippen LogP contribution is 2.30. The van der Waals surface area contributed by atoms with E-state index >= 15 is 0 Å². The number of hydrogen-bond acceptors (Lipinski definition) is 3. The lowest BCUT2D eigenvalue weighted by molar-refractivity contribution is -0.153. The summed E-state index contributed by atoms with van der Waals surface area (Å²) in [5.74, 6) is 0.129. The Morgan fingerprint density at radius 2 is 1.90 bits per heavy atom. The Kier molecular flexibility index (Phi) is 6.87. The summed E-state index contributed by atoms with van der Waals surface area (Å²) in [5.41, 5.74) is 2.98. The van der Waals surface area contributed by atoms with Crippen LogP contribution in [0.1, 0.15) is 17.5 Å². The number of halogens is 3. The smallest absolute Gasteiger partial charge is 0.422 e. The average Bonchev–Trinajstić information content (AvgIpc) is 3.13. The minimum atomic E-state index is -4.42. The number of amides is 1. The van der Waals surface area contributed by atoms with Crippen LogP contribution in [0.3, 0.4) is 0 Å². The molecule has 0 radical (unpaired) electrons. The molecule has 0 aliphatic rings. The molecule has 3 aromatic rings. The molecule has 3 rings (SSSR count). The van der Waals surface area contributed by atoms with Gasteiger partial charge in [0.15, 0.2) is 18.1 Å². The number of aromatic nitrogens is 1. The Bertz CT molecular complexity index is 999. The fourth-order valence-corrected chi connectivity index (χ4v) is 3.17. The van der Waals surface area contributed by atoms with Crippen molar-refractivity contribution in [2.24, 2.45) is 0 Å². The Labute approximate surface area is 172 Å². The molecule has 0 unspecified atom stereocenters. The van der Waals surface area contributed by atoms with Crippen LogP contribution < -0.4 is 14.8 Å². The predicted molar refractivity (Wildman–Crippen MR) is 108 cm³/mol. The number of benzene rings is 2. The first-order valence-corrected chi connectivity index (χ1v) is 9.54. The third-order valence-corrected chi connectivity index (χ3v) is 4.65. The third kappa shape index (κ3) is 5.92. The highest BCUT2D eigenvalue weighted by atomic mass is 19.4. The molecule has 160 valence electrons. The second-order valence-corrected chi connectivity index (χ2v) is 6.85. The lowest BCUT2D eigenvalue weighted by Gasteiger charge is -2.13. The Balaban J connectivity index is 1.47. The van der Waals surface area contributed by atoms with Crippen LogP contribution in [-0.4, -0.2) is 37.3 Å². The molecule has 1 heterocycles. The molecule has 0 saturated heterocycles. The summed E-state index contributed by atoms with van der Waals surface area (Å²) >= 11 is 0. The topological polar surface area (TPSA) is 63.3 Å². The second-order valence-electron chi connectivity index (χ2n) is 6.85. The monoisotopic (exact) mass is 420 g/mol. The summed E-state index contributed by atoms with van der Waals surface area (Å²) in [5, 5.41) is 4.04. The lowest BCUT2D eigenvalue weighted by atomic mass is 10.1. The maximum Gasteiger partial charge on any atom is 0.422 e. The van der Waals surface area contributed by atoms with Crippen molar-refractivity contribution in [2.45, 2.75) is 25.4 Å². The first-order valence-electron chi connectivity index (χ1n) is 9.54. The van der Waals surface area contributed by atoms with Crippen molar-refractivity contribution in [2.75, 3.05) is 20.3 Å². The number of hydrogen-bond donors (Lipinski definition) is 2. The van der Waals surface area contributed by atoms with Crippen LogP contribution >= 0.6 is 0 Å². The Morgan fingerprint density at radius 1 is 1.10 bits per heavy atom.